The molecule has 16 nitrogen and oxygen atoms in total. The van der Waals surface area contributed by atoms with E-state index in [4.69, 9.17) is 23.7 Å². The molecule has 3 saturated carbocycles. The van der Waals surface area contributed by atoms with Crippen LogP contribution in [0.2, 0.25) is 0 Å². The fourth-order valence-electron chi connectivity index (χ4n) is 19.3. The second-order valence-electron chi connectivity index (χ2n) is 29.4. The zero-order valence-corrected chi connectivity index (χ0v) is 56.0. The largest absolute Gasteiger partial charge is 0.502 e. The number of rotatable bonds is 25. The lowest BCUT2D eigenvalue weighted by atomic mass is 9.47. The van der Waals surface area contributed by atoms with Crippen LogP contribution in [-0.4, -0.2) is 115 Å². The van der Waals surface area contributed by atoms with Crippen LogP contribution in [-0.2, 0) is 27.8 Å². The van der Waals surface area contributed by atoms with Gasteiger partial charge < -0.3 is 60.1 Å². The van der Waals surface area contributed by atoms with Gasteiger partial charge in [-0.05, 0) is 156 Å². The highest BCUT2D eigenvalue weighted by molar-refractivity contribution is 6.17. The molecule has 0 radical (unpaired) electrons. The van der Waals surface area contributed by atoms with Gasteiger partial charge in [-0.1, -0.05) is 109 Å². The molecule has 2 amide bonds. The second kappa shape index (κ2) is 27.5. The van der Waals surface area contributed by atoms with Gasteiger partial charge >= 0.3 is 0 Å². The highest BCUT2D eigenvalue weighted by Gasteiger charge is 2.61. The van der Waals surface area contributed by atoms with E-state index in [1.54, 1.807) is 24.1 Å². The van der Waals surface area contributed by atoms with E-state index < -0.39 is 40.8 Å². The third-order valence-electron chi connectivity index (χ3n) is 23.6. The zero-order chi connectivity index (χ0) is 64.8. The number of likely N-dealkylation sites (N-methyl/N-ethyl adjacent to an activating group) is 1. The maximum Gasteiger partial charge on any atom is 0.258 e. The monoisotopic (exact) mass is 1270 g/mol. The van der Waals surface area contributed by atoms with E-state index >= 15 is 0 Å². The van der Waals surface area contributed by atoms with Crippen molar-refractivity contribution in [1.29, 1.82) is 0 Å². The number of piperidine rings is 1. The van der Waals surface area contributed by atoms with Gasteiger partial charge in [0.05, 0.1) is 44.1 Å². The Hall–Kier alpha value is -6.14. The molecule has 4 aliphatic heterocycles. The Morgan fingerprint density at radius 2 is 1.65 bits per heavy atom. The van der Waals surface area contributed by atoms with Crippen molar-refractivity contribution in [3.63, 3.8) is 0 Å². The number of phenols is 1. The number of hydrogen-bond acceptors (Lipinski definition) is 15. The van der Waals surface area contributed by atoms with Crippen molar-refractivity contribution >= 4 is 23.6 Å². The van der Waals surface area contributed by atoms with Crippen LogP contribution in [0, 0.1) is 35.5 Å². The first-order chi connectivity index (χ1) is 45.2. The number of aliphatic hydroxyl groups is 3. The summed E-state index contributed by atoms with van der Waals surface area (Å²) in [6.07, 6.45) is 24.1. The highest BCUT2D eigenvalue weighted by atomic mass is 16.5. The summed E-state index contributed by atoms with van der Waals surface area (Å²) in [4.78, 5) is 30.3. The number of phenolic OH excluding ortho intramolecular Hbond substituents is 1. The summed E-state index contributed by atoms with van der Waals surface area (Å²) in [5.41, 5.74) is 7.16. The summed E-state index contributed by atoms with van der Waals surface area (Å²) >= 11 is 0. The number of carbonyl (C=O) groups excluding carboxylic acids is 2. The Morgan fingerprint density at radius 3 is 2.44 bits per heavy atom. The van der Waals surface area contributed by atoms with E-state index in [0.717, 1.165) is 141 Å². The first-order valence-corrected chi connectivity index (χ1v) is 35.8. The molecule has 4 aromatic rings. The normalized spacial score (nSPS) is 28.4. The lowest BCUT2D eigenvalue weighted by Crippen LogP contribution is -2.65. The van der Waals surface area contributed by atoms with E-state index in [2.05, 4.69) is 85.4 Å². The first-order valence-electron chi connectivity index (χ1n) is 35.8. The number of unbranched alkanes of at least 4 members (excludes halogenated alkanes) is 3. The quantitative estimate of drug-likeness (QED) is 0.0229. The van der Waals surface area contributed by atoms with Crippen LogP contribution in [0.3, 0.4) is 0 Å². The van der Waals surface area contributed by atoms with Crippen LogP contribution < -0.4 is 45.0 Å². The lowest BCUT2D eigenvalue weighted by molar-refractivity contribution is -0.153. The van der Waals surface area contributed by atoms with Crippen molar-refractivity contribution in [2.24, 2.45) is 35.5 Å². The van der Waals surface area contributed by atoms with E-state index in [1.807, 2.05) is 12.1 Å². The van der Waals surface area contributed by atoms with Crippen LogP contribution in [0.15, 0.2) is 66.3 Å². The zero-order valence-electron chi connectivity index (χ0n) is 56.0. The molecule has 13 rings (SSSR count). The summed E-state index contributed by atoms with van der Waals surface area (Å²) in [5, 5.41) is 64.0. The molecule has 502 valence electrons. The molecule has 8 N–H and O–H groups in total. The van der Waals surface area contributed by atoms with E-state index in [0.29, 0.717) is 84.1 Å². The van der Waals surface area contributed by atoms with E-state index in [1.165, 1.54) is 45.3 Å². The number of methoxy groups -OCH3 is 1. The number of fused-ring (bicyclic) bond motifs is 6. The molecule has 1 saturated heterocycles. The number of imide groups is 1. The van der Waals surface area contributed by atoms with Crippen LogP contribution in [0.25, 0.3) is 17.2 Å². The molecule has 16 heteroatoms. The van der Waals surface area contributed by atoms with Gasteiger partial charge in [0.15, 0.2) is 23.5 Å². The van der Waals surface area contributed by atoms with Crippen molar-refractivity contribution in [2.75, 3.05) is 65.5 Å². The number of nitrogens with one attached hydrogen (secondary N) is 4. The van der Waals surface area contributed by atoms with Crippen LogP contribution in [0.5, 0.6) is 34.5 Å². The Kier molecular flexibility index (Phi) is 19.4. The summed E-state index contributed by atoms with van der Waals surface area (Å²) in [5.74, 6) is 1.68. The number of allylic oxidation sites excluding steroid dienone is 1. The molecule has 9 aliphatic rings. The molecule has 4 fully saturated rings. The molecule has 0 unspecified atom stereocenters. The van der Waals surface area contributed by atoms with Crippen molar-refractivity contribution in [3.8, 4) is 45.6 Å². The smallest absolute Gasteiger partial charge is 0.258 e. The first kappa shape index (κ1) is 65.5. The van der Waals surface area contributed by atoms with Crippen molar-refractivity contribution in [2.45, 2.75) is 204 Å². The van der Waals surface area contributed by atoms with Gasteiger partial charge in [-0.15, -0.1) is 0 Å². The predicted molar refractivity (Wildman–Crippen MR) is 362 cm³/mol. The molecule has 4 aromatic carbocycles. The number of anilines is 1. The standard InChI is InChI=1S/C77H103N5O11/c1-7-8-9-15-34-79-35-36-90-61-41-63(93-77-33-16-19-49(24-22-46(2)3)57(77)28-23-47(4)81-77)70-69-53(61)26-27-54-67(69)60(80-73(70)87)40-62-68(54)71(85)55(45-92-62)50-37-64(89-6)72(86)65(38-50)91-44-52(43-83)76-32-17-21-58(59(76)29-25-48-18-11-12-20-56(48)76)75(30-13-10-14-31-75)82-66(84)39-51(42-78-5)74(82)88/h11-12,18,20,25,29,37-41,46-47,49,52,55,57-59,71,73,78-81,83,85-87H,7-10,13-17,19,21-24,26-28,30-36,42-45H2,1-6H3/t47-,49-,52-,55-,57-,58-,59+,71-,73+,76-,77-/m0/s1. The number of amides is 2. The fraction of sp³-hybridized carbons (Fsp3) is 0.610. The molecule has 11 atom stereocenters. The Balaban J connectivity index is 0.831. The fourth-order valence-corrected chi connectivity index (χ4v) is 19.3. The van der Waals surface area contributed by atoms with Crippen LogP contribution >= 0.6 is 0 Å². The van der Waals surface area contributed by atoms with E-state index in [9.17, 15) is 30.0 Å². The molecule has 4 heterocycles. The number of benzene rings is 4. The summed E-state index contributed by atoms with van der Waals surface area (Å²) in [6.45, 7) is 11.4. The number of carbonyl (C=O) groups is 2. The number of aromatic hydroxyl groups is 1. The van der Waals surface area contributed by atoms with Crippen LogP contribution in [0.1, 0.15) is 207 Å². The topological polar surface area (TPSA) is 213 Å². The van der Waals surface area contributed by atoms with Crippen molar-refractivity contribution in [3.05, 3.63) is 105 Å². The van der Waals surface area contributed by atoms with Gasteiger partial charge in [0.25, 0.3) is 11.8 Å². The minimum Gasteiger partial charge on any atom is -0.502 e. The average molecular weight is 1270 g/mol. The third kappa shape index (κ3) is 11.8. The Bertz CT molecular complexity index is 3470. The van der Waals surface area contributed by atoms with Crippen molar-refractivity contribution < 1.29 is 53.7 Å². The molecular weight excluding hydrogens is 1170 g/mol. The van der Waals surface area contributed by atoms with E-state index in [-0.39, 0.29) is 66.8 Å². The summed E-state index contributed by atoms with van der Waals surface area (Å²) < 4.78 is 34.1. The predicted octanol–water partition coefficient (Wildman–Crippen LogP) is 12.6. The minimum atomic E-state index is -1.10. The molecule has 5 aliphatic carbocycles. The number of ether oxygens (including phenoxy) is 5. The molecular formula is C77H103N5O11. The van der Waals surface area contributed by atoms with Gasteiger partial charge in [0, 0.05) is 100 Å². The maximum absolute atomic E-state index is 14.5. The van der Waals surface area contributed by atoms with Gasteiger partial charge in [-0.25, -0.2) is 0 Å². The summed E-state index contributed by atoms with van der Waals surface area (Å²) in [6, 6.07) is 16.2. The van der Waals surface area contributed by atoms with Gasteiger partial charge in [-0.2, -0.15) is 0 Å². The minimum absolute atomic E-state index is 0.0243. The summed E-state index contributed by atoms with van der Waals surface area (Å²) in [7, 11) is 3.30. The number of hydrogen-bond donors (Lipinski definition) is 8. The average Bonchev–Trinajstić information content (AvgIpc) is 1.19. The van der Waals surface area contributed by atoms with Crippen molar-refractivity contribution in [1.82, 2.24) is 20.9 Å². The number of aliphatic hydroxyl groups excluding tert-OH is 3. The van der Waals surface area contributed by atoms with Crippen LogP contribution in [0.4, 0.5) is 5.69 Å². The molecule has 93 heavy (non-hydrogen) atoms. The highest BCUT2D eigenvalue weighted by Crippen LogP contribution is 2.62. The number of nitrogens with zero attached hydrogens (tertiary/aromatic N) is 1. The Morgan fingerprint density at radius 1 is 0.839 bits per heavy atom. The SMILES string of the molecule is CCCCCCNCCOc1cc(O[C@@]23CCC[C@@H](CCC(C)C)[C@@H]2CC[C@H](C)N3)c2c3c1CCc1c-3c(cc3c1[C@@H](O)[C@H](c1cc(OC)c(O)c(OC[C@H](CO)[C@]45CCC[C@H](C6(N7C(=O)C=C(CNC)C7=O)CCCCC6)[C@H]4C=Cc4ccccc45)c1)CO3)N[C@@H]2O. The molecule has 0 bridgehead atoms. The van der Waals surface area contributed by atoms with Gasteiger partial charge in [0.1, 0.15) is 23.9 Å². The third-order valence-corrected chi connectivity index (χ3v) is 23.6. The maximum atomic E-state index is 14.5. The Labute approximate surface area is 551 Å². The van der Waals surface area contributed by atoms with Gasteiger partial charge in [0.2, 0.25) is 5.75 Å². The molecule has 0 aromatic heterocycles. The lowest BCUT2D eigenvalue weighted by Gasteiger charge is -2.60. The second-order valence-corrected chi connectivity index (χ2v) is 29.4. The molecule has 0 spiro atoms. The van der Waals surface area contributed by atoms with Gasteiger partial charge in [-0.3, -0.25) is 19.8 Å².